The summed E-state index contributed by atoms with van der Waals surface area (Å²) < 4.78 is 13.1. The van der Waals surface area contributed by atoms with E-state index in [0.717, 1.165) is 12.1 Å². The summed E-state index contributed by atoms with van der Waals surface area (Å²) in [6, 6.07) is 7.51. The maximum absolute atomic E-state index is 13.1. The lowest BCUT2D eigenvalue weighted by Gasteiger charge is -2.09. The zero-order chi connectivity index (χ0) is 15.6. The molecule has 0 aliphatic carbocycles. The van der Waals surface area contributed by atoms with Crippen molar-refractivity contribution in [2.24, 2.45) is 0 Å². The van der Waals surface area contributed by atoms with Crippen molar-refractivity contribution >= 4 is 34.6 Å². The molecule has 0 unspecified atom stereocenters. The Labute approximate surface area is 122 Å². The van der Waals surface area contributed by atoms with E-state index in [1.807, 2.05) is 0 Å². The Bertz CT molecular complexity index is 736. The van der Waals surface area contributed by atoms with Gasteiger partial charge in [-0.05, 0) is 30.3 Å². The Balaban J connectivity index is 2.48. The minimum atomic E-state index is -1.41. The molecule has 0 spiro atoms. The molecule has 0 heterocycles. The van der Waals surface area contributed by atoms with Gasteiger partial charge in [0.1, 0.15) is 17.1 Å². The molecule has 2 aromatic rings. The molecule has 0 bridgehead atoms. The smallest absolute Gasteiger partial charge is 0.342 e. The number of hydrogen-bond acceptors (Lipinski definition) is 4. The first-order valence-corrected chi connectivity index (χ1v) is 6.00. The monoisotopic (exact) mass is 310 g/mol. The van der Waals surface area contributed by atoms with Gasteiger partial charge >= 0.3 is 11.7 Å². The van der Waals surface area contributed by atoms with Crippen LogP contribution in [0.3, 0.4) is 0 Å². The van der Waals surface area contributed by atoms with Gasteiger partial charge in [-0.2, -0.15) is 0 Å². The predicted octanol–water partition coefficient (Wildman–Crippen LogP) is 3.83. The fraction of sp³-hybridized carbons (Fsp3) is 0. The van der Waals surface area contributed by atoms with Crippen molar-refractivity contribution in [3.8, 4) is 0 Å². The number of carboxylic acids is 1. The summed E-state index contributed by atoms with van der Waals surface area (Å²) in [4.78, 5) is 21.3. The third kappa shape index (κ3) is 3.09. The van der Waals surface area contributed by atoms with Crippen molar-refractivity contribution in [2.75, 3.05) is 5.32 Å². The summed E-state index contributed by atoms with van der Waals surface area (Å²) in [5.74, 6) is -2.04. The molecule has 21 heavy (non-hydrogen) atoms. The summed E-state index contributed by atoms with van der Waals surface area (Å²) in [5, 5.41) is 22.6. The number of carbonyl (C=O) groups is 1. The van der Waals surface area contributed by atoms with Crippen LogP contribution in [0.2, 0.25) is 5.02 Å². The fourth-order valence-electron chi connectivity index (χ4n) is 1.74. The molecule has 0 saturated heterocycles. The third-order valence-electron chi connectivity index (χ3n) is 2.65. The topological polar surface area (TPSA) is 92.5 Å². The summed E-state index contributed by atoms with van der Waals surface area (Å²) in [6.45, 7) is 0. The number of carboxylic acid groups (broad SMARTS) is 1. The van der Waals surface area contributed by atoms with E-state index in [4.69, 9.17) is 16.7 Å². The van der Waals surface area contributed by atoms with Crippen LogP contribution in [0.4, 0.5) is 21.5 Å². The van der Waals surface area contributed by atoms with Crippen molar-refractivity contribution < 1.29 is 19.2 Å². The zero-order valence-electron chi connectivity index (χ0n) is 10.3. The van der Waals surface area contributed by atoms with E-state index in [1.165, 1.54) is 24.3 Å². The van der Waals surface area contributed by atoms with Crippen molar-refractivity contribution in [1.82, 2.24) is 0 Å². The fourth-order valence-corrected chi connectivity index (χ4v) is 1.92. The van der Waals surface area contributed by atoms with Crippen molar-refractivity contribution in [3.63, 3.8) is 0 Å². The third-order valence-corrected chi connectivity index (χ3v) is 2.94. The highest BCUT2D eigenvalue weighted by Crippen LogP contribution is 2.32. The number of aromatic carboxylic acids is 1. The van der Waals surface area contributed by atoms with Gasteiger partial charge in [0.05, 0.1) is 9.95 Å². The van der Waals surface area contributed by atoms with Gasteiger partial charge < -0.3 is 10.4 Å². The molecule has 2 rings (SSSR count). The van der Waals surface area contributed by atoms with Crippen LogP contribution in [0.1, 0.15) is 10.4 Å². The number of nitro benzene ring substituents is 1. The average Bonchev–Trinajstić information content (AvgIpc) is 2.42. The van der Waals surface area contributed by atoms with E-state index in [0.29, 0.717) is 5.69 Å². The molecular weight excluding hydrogens is 303 g/mol. The Morgan fingerprint density at radius 2 is 2.05 bits per heavy atom. The van der Waals surface area contributed by atoms with Gasteiger partial charge in [0.15, 0.2) is 0 Å². The molecule has 2 aromatic carbocycles. The van der Waals surface area contributed by atoms with Gasteiger partial charge in [-0.3, -0.25) is 10.1 Å². The Hall–Kier alpha value is -2.67. The molecule has 0 radical (unpaired) electrons. The summed E-state index contributed by atoms with van der Waals surface area (Å²) in [5.41, 5.74) is -0.752. The number of rotatable bonds is 4. The van der Waals surface area contributed by atoms with Crippen molar-refractivity contribution in [1.29, 1.82) is 0 Å². The first-order chi connectivity index (χ1) is 9.90. The van der Waals surface area contributed by atoms with Crippen LogP contribution in [0.15, 0.2) is 36.4 Å². The molecule has 0 aliphatic rings. The summed E-state index contributed by atoms with van der Waals surface area (Å²) >= 11 is 5.62. The maximum atomic E-state index is 13.1. The summed E-state index contributed by atoms with van der Waals surface area (Å²) in [7, 11) is 0. The number of nitro groups is 1. The Morgan fingerprint density at radius 1 is 1.33 bits per heavy atom. The lowest BCUT2D eigenvalue weighted by Crippen LogP contribution is -2.05. The molecule has 6 nitrogen and oxygen atoms in total. The second-order valence-electron chi connectivity index (χ2n) is 4.02. The SMILES string of the molecule is O=C(O)c1cccc(Nc2ccc(F)c(Cl)c2)c1[N+](=O)[O-]. The van der Waals surface area contributed by atoms with Crippen LogP contribution in [-0.2, 0) is 0 Å². The molecule has 0 aromatic heterocycles. The highest BCUT2D eigenvalue weighted by molar-refractivity contribution is 6.31. The Morgan fingerprint density at radius 3 is 2.62 bits per heavy atom. The first-order valence-electron chi connectivity index (χ1n) is 5.63. The molecule has 108 valence electrons. The second kappa shape index (κ2) is 5.76. The lowest BCUT2D eigenvalue weighted by atomic mass is 10.1. The number of nitrogens with zero attached hydrogens (tertiary/aromatic N) is 1. The molecule has 0 atom stereocenters. The van der Waals surface area contributed by atoms with Gasteiger partial charge in [-0.25, -0.2) is 9.18 Å². The zero-order valence-corrected chi connectivity index (χ0v) is 11.1. The highest BCUT2D eigenvalue weighted by atomic mass is 35.5. The minimum absolute atomic E-state index is 0.0254. The minimum Gasteiger partial charge on any atom is -0.477 e. The van der Waals surface area contributed by atoms with Crippen molar-refractivity contribution in [3.05, 3.63) is 62.9 Å². The van der Waals surface area contributed by atoms with E-state index in [2.05, 4.69) is 5.32 Å². The Kier molecular flexibility index (Phi) is 4.04. The van der Waals surface area contributed by atoms with E-state index in [-0.39, 0.29) is 10.7 Å². The maximum Gasteiger partial charge on any atom is 0.342 e. The van der Waals surface area contributed by atoms with Crippen LogP contribution < -0.4 is 5.32 Å². The van der Waals surface area contributed by atoms with Gasteiger partial charge in [-0.1, -0.05) is 17.7 Å². The van der Waals surface area contributed by atoms with Gasteiger partial charge in [0.2, 0.25) is 0 Å². The number of benzene rings is 2. The van der Waals surface area contributed by atoms with Crippen LogP contribution in [0.25, 0.3) is 0 Å². The van der Waals surface area contributed by atoms with Crippen LogP contribution in [-0.4, -0.2) is 16.0 Å². The normalized spacial score (nSPS) is 10.2. The van der Waals surface area contributed by atoms with Gasteiger partial charge in [0.25, 0.3) is 0 Å². The average molecular weight is 311 g/mol. The molecule has 0 aliphatic heterocycles. The van der Waals surface area contributed by atoms with E-state index < -0.39 is 28.0 Å². The largest absolute Gasteiger partial charge is 0.477 e. The highest BCUT2D eigenvalue weighted by Gasteiger charge is 2.24. The summed E-state index contributed by atoms with van der Waals surface area (Å²) in [6.07, 6.45) is 0. The van der Waals surface area contributed by atoms with Gasteiger partial charge in [-0.15, -0.1) is 0 Å². The van der Waals surface area contributed by atoms with Crippen LogP contribution in [0, 0.1) is 15.9 Å². The lowest BCUT2D eigenvalue weighted by molar-refractivity contribution is -0.384. The van der Waals surface area contributed by atoms with E-state index in [1.54, 1.807) is 0 Å². The van der Waals surface area contributed by atoms with Crippen molar-refractivity contribution in [2.45, 2.75) is 0 Å². The van der Waals surface area contributed by atoms with Crippen LogP contribution in [0.5, 0.6) is 0 Å². The standard InChI is InChI=1S/C13H8ClFN2O4/c14-9-6-7(4-5-10(9)15)16-11-3-1-2-8(13(18)19)12(11)17(20)21/h1-6,16H,(H,18,19). The quantitative estimate of drug-likeness (QED) is 0.661. The first kappa shape index (κ1) is 14.7. The number of nitrogens with one attached hydrogen (secondary N) is 1. The number of hydrogen-bond donors (Lipinski definition) is 2. The van der Waals surface area contributed by atoms with E-state index >= 15 is 0 Å². The molecular formula is C13H8ClFN2O4. The van der Waals surface area contributed by atoms with Crippen LogP contribution >= 0.6 is 11.6 Å². The molecule has 0 fully saturated rings. The number of para-hydroxylation sites is 1. The number of anilines is 2. The number of halogens is 2. The molecule has 0 amide bonds. The molecule has 8 heteroatoms. The van der Waals surface area contributed by atoms with Gasteiger partial charge in [0, 0.05) is 5.69 Å². The molecule has 0 saturated carbocycles. The predicted molar refractivity (Wildman–Crippen MR) is 74.7 cm³/mol. The molecule has 2 N–H and O–H groups in total. The second-order valence-corrected chi connectivity index (χ2v) is 4.43. The van der Waals surface area contributed by atoms with E-state index in [9.17, 15) is 19.3 Å².